The molecule has 1 N–H and O–H groups in total. The lowest BCUT2D eigenvalue weighted by Crippen LogP contribution is -2.45. The average molecular weight is 346 g/mol. The van der Waals surface area contributed by atoms with E-state index in [9.17, 15) is 9.59 Å². The molecular formula is C18H22N2O3S. The summed E-state index contributed by atoms with van der Waals surface area (Å²) in [5.74, 6) is 0.753. The van der Waals surface area contributed by atoms with E-state index < -0.39 is 0 Å². The van der Waals surface area contributed by atoms with Gasteiger partial charge in [-0.15, -0.1) is 0 Å². The second-order valence-electron chi connectivity index (χ2n) is 6.98. The first-order valence-corrected chi connectivity index (χ1v) is 8.75. The molecule has 0 spiro atoms. The summed E-state index contributed by atoms with van der Waals surface area (Å²) in [5, 5.41) is 1.95. The molecule has 2 amide bonds. The lowest BCUT2D eigenvalue weighted by molar-refractivity contribution is -0.115. The van der Waals surface area contributed by atoms with E-state index in [4.69, 9.17) is 4.74 Å². The first-order chi connectivity index (χ1) is 11.2. The first kappa shape index (κ1) is 16.9. The van der Waals surface area contributed by atoms with Crippen LogP contribution in [0.2, 0.25) is 0 Å². The van der Waals surface area contributed by atoms with Crippen LogP contribution in [-0.4, -0.2) is 30.8 Å². The fourth-order valence-corrected chi connectivity index (χ4v) is 4.14. The quantitative estimate of drug-likeness (QED) is 0.827. The van der Waals surface area contributed by atoms with Gasteiger partial charge >= 0.3 is 0 Å². The summed E-state index contributed by atoms with van der Waals surface area (Å²) in [6, 6.07) is 4.10. The summed E-state index contributed by atoms with van der Waals surface area (Å²) in [4.78, 5) is 25.8. The number of benzene rings is 1. The van der Waals surface area contributed by atoms with Gasteiger partial charge in [0.05, 0.1) is 12.0 Å². The number of ether oxygens (including phenoxy) is 1. The van der Waals surface area contributed by atoms with E-state index in [2.05, 4.69) is 44.1 Å². The highest BCUT2D eigenvalue weighted by atomic mass is 32.2. The number of imide groups is 1. The number of nitrogens with zero attached hydrogens (tertiary/aromatic N) is 1. The molecule has 0 radical (unpaired) electrons. The molecule has 5 nitrogen and oxygen atoms in total. The Morgan fingerprint density at radius 3 is 2.67 bits per heavy atom. The molecule has 2 aliphatic heterocycles. The van der Waals surface area contributed by atoms with Gasteiger partial charge in [0, 0.05) is 29.9 Å². The number of carbonyl (C=O) groups excluding carboxylic acids is 2. The summed E-state index contributed by atoms with van der Waals surface area (Å²) < 4.78 is 5.54. The predicted molar refractivity (Wildman–Crippen MR) is 97.6 cm³/mol. The third kappa shape index (κ3) is 2.79. The van der Waals surface area contributed by atoms with Crippen molar-refractivity contribution in [2.24, 2.45) is 0 Å². The number of nitrogens with one attached hydrogen (secondary N) is 1. The minimum atomic E-state index is -0.351. The van der Waals surface area contributed by atoms with Crippen molar-refractivity contribution in [3.8, 4) is 5.75 Å². The summed E-state index contributed by atoms with van der Waals surface area (Å²) in [6.07, 6.45) is 2.78. The smallest absolute Gasteiger partial charge is 0.290 e. The normalized spacial score (nSPS) is 24.1. The standard InChI is InChI=1S/C18H22N2O3S/c1-10-9-18(2,3)20(4)13-8-14(23-5)11(6-12(10)13)7-15-16(21)19-17(22)24-15/h6-8,10H,9H2,1-5H3,(H,19,21,22)/b15-7-. The van der Waals surface area contributed by atoms with Crippen molar-refractivity contribution in [1.82, 2.24) is 5.32 Å². The molecule has 1 atom stereocenters. The van der Waals surface area contributed by atoms with Crippen molar-refractivity contribution >= 4 is 34.7 Å². The van der Waals surface area contributed by atoms with Gasteiger partial charge in [0.25, 0.3) is 11.1 Å². The van der Waals surface area contributed by atoms with Crippen LogP contribution in [0.4, 0.5) is 10.5 Å². The molecule has 0 saturated carbocycles. The van der Waals surface area contributed by atoms with Crippen LogP contribution in [0.1, 0.15) is 44.2 Å². The van der Waals surface area contributed by atoms with Gasteiger partial charge in [0.2, 0.25) is 0 Å². The highest BCUT2D eigenvalue weighted by molar-refractivity contribution is 8.18. The molecule has 0 aromatic heterocycles. The van der Waals surface area contributed by atoms with E-state index in [1.165, 1.54) is 5.56 Å². The van der Waals surface area contributed by atoms with Crippen molar-refractivity contribution in [3.63, 3.8) is 0 Å². The summed E-state index contributed by atoms with van der Waals surface area (Å²) in [6.45, 7) is 6.69. The number of hydrogen-bond donors (Lipinski definition) is 1. The Labute approximate surface area is 146 Å². The lowest BCUT2D eigenvalue weighted by atomic mass is 9.80. The van der Waals surface area contributed by atoms with E-state index in [0.717, 1.165) is 29.4 Å². The molecule has 1 aromatic rings. The van der Waals surface area contributed by atoms with Gasteiger partial charge in [-0.05, 0) is 55.7 Å². The Balaban J connectivity index is 2.10. The maximum Gasteiger partial charge on any atom is 0.290 e. The van der Waals surface area contributed by atoms with Crippen LogP contribution in [0.25, 0.3) is 6.08 Å². The molecule has 128 valence electrons. The van der Waals surface area contributed by atoms with Gasteiger partial charge in [-0.25, -0.2) is 0 Å². The van der Waals surface area contributed by atoms with Crippen molar-refractivity contribution in [2.45, 2.75) is 38.6 Å². The molecule has 2 aliphatic rings. The van der Waals surface area contributed by atoms with Gasteiger partial charge in [-0.1, -0.05) is 6.92 Å². The molecule has 1 unspecified atom stereocenters. The van der Waals surface area contributed by atoms with Crippen molar-refractivity contribution in [2.75, 3.05) is 19.1 Å². The van der Waals surface area contributed by atoms with Crippen LogP contribution < -0.4 is 15.0 Å². The van der Waals surface area contributed by atoms with Crippen LogP contribution in [0.3, 0.4) is 0 Å². The molecule has 24 heavy (non-hydrogen) atoms. The average Bonchev–Trinajstić information content (AvgIpc) is 2.82. The van der Waals surface area contributed by atoms with E-state index in [-0.39, 0.29) is 16.7 Å². The van der Waals surface area contributed by atoms with E-state index in [0.29, 0.717) is 16.6 Å². The Morgan fingerprint density at radius 1 is 1.38 bits per heavy atom. The van der Waals surface area contributed by atoms with Crippen LogP contribution in [0, 0.1) is 0 Å². The largest absolute Gasteiger partial charge is 0.496 e. The van der Waals surface area contributed by atoms with E-state index in [1.807, 2.05) is 6.07 Å². The summed E-state index contributed by atoms with van der Waals surface area (Å²) in [5.41, 5.74) is 3.28. The fraction of sp³-hybridized carbons (Fsp3) is 0.444. The number of amides is 2. The first-order valence-electron chi connectivity index (χ1n) is 7.93. The van der Waals surface area contributed by atoms with Crippen LogP contribution >= 0.6 is 11.8 Å². The van der Waals surface area contributed by atoms with E-state index in [1.54, 1.807) is 13.2 Å². The number of fused-ring (bicyclic) bond motifs is 1. The number of hydrogen-bond acceptors (Lipinski definition) is 5. The number of rotatable bonds is 2. The SMILES string of the molecule is COc1cc2c(cc1/C=C1\SC(=O)NC1=O)C(C)CC(C)(C)N2C. The Kier molecular flexibility index (Phi) is 4.11. The molecule has 6 heteroatoms. The number of carbonyl (C=O) groups is 2. The molecule has 1 aromatic carbocycles. The monoisotopic (exact) mass is 346 g/mol. The number of anilines is 1. The number of thioether (sulfide) groups is 1. The van der Waals surface area contributed by atoms with Crippen molar-refractivity contribution in [1.29, 1.82) is 0 Å². The highest BCUT2D eigenvalue weighted by Gasteiger charge is 2.35. The predicted octanol–water partition coefficient (Wildman–Crippen LogP) is 3.74. The van der Waals surface area contributed by atoms with Crippen LogP contribution in [-0.2, 0) is 4.79 Å². The van der Waals surface area contributed by atoms with Gasteiger partial charge in [-0.2, -0.15) is 0 Å². The van der Waals surface area contributed by atoms with Gasteiger partial charge < -0.3 is 9.64 Å². The molecular weight excluding hydrogens is 324 g/mol. The van der Waals surface area contributed by atoms with Gasteiger partial charge in [0.15, 0.2) is 0 Å². The third-order valence-electron chi connectivity index (χ3n) is 4.91. The minimum Gasteiger partial charge on any atom is -0.496 e. The molecule has 2 heterocycles. The van der Waals surface area contributed by atoms with Gasteiger partial charge in [0.1, 0.15) is 5.75 Å². The van der Waals surface area contributed by atoms with Crippen LogP contribution in [0.5, 0.6) is 5.75 Å². The van der Waals surface area contributed by atoms with E-state index >= 15 is 0 Å². The number of methoxy groups -OCH3 is 1. The van der Waals surface area contributed by atoms with Gasteiger partial charge in [-0.3, -0.25) is 14.9 Å². The van der Waals surface area contributed by atoms with Crippen molar-refractivity contribution < 1.29 is 14.3 Å². The Morgan fingerprint density at radius 2 is 2.08 bits per heavy atom. The molecule has 0 aliphatic carbocycles. The summed E-state index contributed by atoms with van der Waals surface area (Å²) >= 11 is 0.922. The Hall–Kier alpha value is -1.95. The Bertz CT molecular complexity index is 755. The highest BCUT2D eigenvalue weighted by Crippen LogP contribution is 2.45. The fourth-order valence-electron chi connectivity index (χ4n) is 3.46. The molecule has 0 bridgehead atoms. The maximum absolute atomic E-state index is 11.8. The summed E-state index contributed by atoms with van der Waals surface area (Å²) in [7, 11) is 3.72. The lowest BCUT2D eigenvalue weighted by Gasteiger charge is -2.45. The minimum absolute atomic E-state index is 0.0744. The second kappa shape index (κ2) is 5.84. The third-order valence-corrected chi connectivity index (χ3v) is 5.72. The zero-order valence-corrected chi connectivity index (χ0v) is 15.4. The maximum atomic E-state index is 11.8. The molecule has 1 fully saturated rings. The zero-order chi connectivity index (χ0) is 17.6. The van der Waals surface area contributed by atoms with Crippen LogP contribution in [0.15, 0.2) is 17.0 Å². The second-order valence-corrected chi connectivity index (χ2v) is 8.00. The zero-order valence-electron chi connectivity index (χ0n) is 14.6. The molecule has 3 rings (SSSR count). The van der Waals surface area contributed by atoms with Crippen molar-refractivity contribution in [3.05, 3.63) is 28.2 Å². The topological polar surface area (TPSA) is 58.6 Å². The molecule has 1 saturated heterocycles.